The molecule has 0 aromatic heterocycles. The molecule has 2 N–H and O–H groups in total. The molecule has 0 saturated heterocycles. The zero-order valence-corrected chi connectivity index (χ0v) is 20.3. The number of rotatable bonds is 4. The summed E-state index contributed by atoms with van der Waals surface area (Å²) in [6, 6.07) is 0. The number of esters is 1. The molecular formula is C27H44O4. The van der Waals surface area contributed by atoms with Crippen LogP contribution in [0.2, 0.25) is 0 Å². The molecule has 4 heteroatoms. The summed E-state index contributed by atoms with van der Waals surface area (Å²) in [6.07, 6.45) is 10.6. The summed E-state index contributed by atoms with van der Waals surface area (Å²) in [5.41, 5.74) is 1.78. The second-order valence-electron chi connectivity index (χ2n) is 11.8. The molecular weight excluding hydrogens is 388 g/mol. The van der Waals surface area contributed by atoms with E-state index in [1.807, 2.05) is 0 Å². The normalized spacial score (nSPS) is 49.7. The predicted octanol–water partition coefficient (Wildman–Crippen LogP) is 5.12. The molecule has 0 radical (unpaired) electrons. The first kappa shape index (κ1) is 23.3. The summed E-state index contributed by atoms with van der Waals surface area (Å²) in [5.74, 6) is 2.56. The summed E-state index contributed by atoms with van der Waals surface area (Å²) < 4.78 is 4.84. The number of allylic oxidation sites excluding steroid dienone is 1. The van der Waals surface area contributed by atoms with E-state index in [0.717, 1.165) is 32.1 Å². The monoisotopic (exact) mass is 432 g/mol. The van der Waals surface area contributed by atoms with Crippen molar-refractivity contribution in [3.05, 3.63) is 11.6 Å². The Hall–Kier alpha value is -0.870. The van der Waals surface area contributed by atoms with E-state index in [9.17, 15) is 15.0 Å². The van der Waals surface area contributed by atoms with Gasteiger partial charge in [0.25, 0.3) is 0 Å². The SMILES string of the molecule is CC[C@H]1[C@@H](O)[C@H]2C3CC[C@H](/C(C)=C\CC(=O)OC)[C@@]3(C)CCC2[C@@]2(C)CC[C@@H](O)C[C@@H]12. The summed E-state index contributed by atoms with van der Waals surface area (Å²) in [7, 11) is 1.45. The van der Waals surface area contributed by atoms with E-state index in [1.54, 1.807) is 0 Å². The van der Waals surface area contributed by atoms with Crippen LogP contribution in [0, 0.1) is 46.3 Å². The molecule has 0 spiro atoms. The van der Waals surface area contributed by atoms with Gasteiger partial charge in [0, 0.05) is 0 Å². The minimum atomic E-state index is -0.249. The highest BCUT2D eigenvalue weighted by Crippen LogP contribution is 2.69. The van der Waals surface area contributed by atoms with Gasteiger partial charge in [-0.2, -0.15) is 0 Å². The van der Waals surface area contributed by atoms with E-state index in [4.69, 9.17) is 4.74 Å². The molecule has 176 valence electrons. The zero-order valence-electron chi connectivity index (χ0n) is 20.3. The van der Waals surface area contributed by atoms with Gasteiger partial charge in [0.2, 0.25) is 0 Å². The van der Waals surface area contributed by atoms with Crippen molar-refractivity contribution >= 4 is 5.97 Å². The lowest BCUT2D eigenvalue weighted by Gasteiger charge is -2.64. The van der Waals surface area contributed by atoms with Gasteiger partial charge in [-0.15, -0.1) is 0 Å². The van der Waals surface area contributed by atoms with Gasteiger partial charge in [0.05, 0.1) is 25.7 Å². The topological polar surface area (TPSA) is 66.8 Å². The van der Waals surface area contributed by atoms with Crippen molar-refractivity contribution in [1.82, 2.24) is 0 Å². The first-order valence-electron chi connectivity index (χ1n) is 12.8. The summed E-state index contributed by atoms with van der Waals surface area (Å²) >= 11 is 0. The Labute approximate surface area is 188 Å². The van der Waals surface area contributed by atoms with Crippen LogP contribution in [0.1, 0.15) is 85.5 Å². The fourth-order valence-corrected chi connectivity index (χ4v) is 9.18. The summed E-state index contributed by atoms with van der Waals surface area (Å²) in [4.78, 5) is 11.7. The van der Waals surface area contributed by atoms with Crippen molar-refractivity contribution in [2.45, 2.75) is 97.7 Å². The standard InChI is InChI=1S/C27H44O4/c1-6-18-22-15-17(28)11-13-27(22,4)21-12-14-26(3)19(16(2)7-10-23(29)31-5)8-9-20(26)24(21)25(18)30/h7,17-22,24-25,28,30H,6,8-15H2,1-5H3/b16-7-/t17-,18-,19-,20?,21?,22+,24+,25-,26-,27-/m1/s1. The Morgan fingerprint density at radius 1 is 1.03 bits per heavy atom. The van der Waals surface area contributed by atoms with Crippen molar-refractivity contribution in [3.8, 4) is 0 Å². The Kier molecular flexibility index (Phi) is 6.37. The van der Waals surface area contributed by atoms with Crippen LogP contribution in [0.4, 0.5) is 0 Å². The average Bonchev–Trinajstić information content (AvgIpc) is 3.10. The Bertz CT molecular complexity index is 716. The lowest BCUT2D eigenvalue weighted by atomic mass is 9.41. The lowest BCUT2D eigenvalue weighted by Crippen LogP contribution is -2.62. The van der Waals surface area contributed by atoms with Crippen molar-refractivity contribution in [2.75, 3.05) is 7.11 Å². The second-order valence-corrected chi connectivity index (χ2v) is 11.8. The molecule has 0 aromatic carbocycles. The minimum absolute atomic E-state index is 0.172. The highest BCUT2D eigenvalue weighted by molar-refractivity contribution is 5.71. The van der Waals surface area contributed by atoms with Crippen LogP contribution in [0.25, 0.3) is 0 Å². The molecule has 2 unspecified atom stereocenters. The maximum atomic E-state index is 11.7. The Balaban J connectivity index is 1.63. The van der Waals surface area contributed by atoms with Crippen molar-refractivity contribution in [1.29, 1.82) is 0 Å². The van der Waals surface area contributed by atoms with Gasteiger partial charge in [-0.3, -0.25) is 4.79 Å². The third-order valence-electron chi connectivity index (χ3n) is 10.8. The number of hydrogen-bond acceptors (Lipinski definition) is 4. The third kappa shape index (κ3) is 3.60. The van der Waals surface area contributed by atoms with Crippen LogP contribution in [0.15, 0.2) is 11.6 Å². The molecule has 4 aliphatic carbocycles. The molecule has 0 aliphatic heterocycles. The number of carbonyl (C=O) groups is 1. The molecule has 0 aromatic rings. The summed E-state index contributed by atoms with van der Waals surface area (Å²) in [5, 5.41) is 22.2. The number of methoxy groups -OCH3 is 1. The number of hydrogen-bond donors (Lipinski definition) is 2. The van der Waals surface area contributed by atoms with Crippen molar-refractivity contribution in [2.24, 2.45) is 46.3 Å². The maximum absolute atomic E-state index is 11.7. The molecule has 4 nitrogen and oxygen atoms in total. The van der Waals surface area contributed by atoms with E-state index in [0.29, 0.717) is 41.9 Å². The van der Waals surface area contributed by atoms with Gasteiger partial charge in [0.15, 0.2) is 0 Å². The summed E-state index contributed by atoms with van der Waals surface area (Å²) in [6.45, 7) is 9.38. The molecule has 10 atom stereocenters. The van der Waals surface area contributed by atoms with Crippen molar-refractivity contribution in [3.63, 3.8) is 0 Å². The molecule has 4 rings (SSSR count). The molecule has 0 bridgehead atoms. The highest BCUT2D eigenvalue weighted by Gasteiger charge is 2.64. The zero-order chi connectivity index (χ0) is 22.6. The van der Waals surface area contributed by atoms with Gasteiger partial charge in [-0.1, -0.05) is 38.8 Å². The fraction of sp³-hybridized carbons (Fsp3) is 0.889. The number of aliphatic hydroxyl groups excluding tert-OH is 2. The van der Waals surface area contributed by atoms with Crippen LogP contribution in [0.3, 0.4) is 0 Å². The Morgan fingerprint density at radius 2 is 1.71 bits per heavy atom. The molecule has 0 amide bonds. The third-order valence-corrected chi connectivity index (χ3v) is 10.8. The van der Waals surface area contributed by atoms with E-state index in [1.165, 1.54) is 31.9 Å². The second kappa shape index (κ2) is 8.48. The van der Waals surface area contributed by atoms with Crippen molar-refractivity contribution < 1.29 is 19.7 Å². The maximum Gasteiger partial charge on any atom is 0.309 e. The Morgan fingerprint density at radius 3 is 2.39 bits per heavy atom. The number of aliphatic hydroxyl groups is 2. The van der Waals surface area contributed by atoms with Gasteiger partial charge in [-0.05, 0) is 98.2 Å². The van der Waals surface area contributed by atoms with Crippen LogP contribution in [-0.4, -0.2) is 35.5 Å². The first-order chi connectivity index (χ1) is 14.7. The van der Waals surface area contributed by atoms with Gasteiger partial charge >= 0.3 is 5.97 Å². The van der Waals surface area contributed by atoms with E-state index >= 15 is 0 Å². The smallest absolute Gasteiger partial charge is 0.309 e. The van der Waals surface area contributed by atoms with Crippen LogP contribution < -0.4 is 0 Å². The largest absolute Gasteiger partial charge is 0.469 e. The average molecular weight is 433 g/mol. The molecule has 4 fully saturated rings. The number of ether oxygens (including phenoxy) is 1. The van der Waals surface area contributed by atoms with Crippen LogP contribution in [-0.2, 0) is 9.53 Å². The van der Waals surface area contributed by atoms with Crippen LogP contribution >= 0.6 is 0 Å². The van der Waals surface area contributed by atoms with Crippen LogP contribution in [0.5, 0.6) is 0 Å². The molecule has 4 saturated carbocycles. The predicted molar refractivity (Wildman–Crippen MR) is 122 cm³/mol. The van der Waals surface area contributed by atoms with Gasteiger partial charge < -0.3 is 14.9 Å². The van der Waals surface area contributed by atoms with E-state index in [2.05, 4.69) is 33.8 Å². The lowest BCUT2D eigenvalue weighted by molar-refractivity contribution is -0.201. The molecule has 4 aliphatic rings. The van der Waals surface area contributed by atoms with Gasteiger partial charge in [-0.25, -0.2) is 0 Å². The number of carbonyl (C=O) groups excluding carboxylic acids is 1. The highest BCUT2D eigenvalue weighted by atomic mass is 16.5. The number of fused-ring (bicyclic) bond motifs is 5. The van der Waals surface area contributed by atoms with E-state index < -0.39 is 0 Å². The minimum Gasteiger partial charge on any atom is -0.469 e. The molecule has 31 heavy (non-hydrogen) atoms. The quantitative estimate of drug-likeness (QED) is 0.478. The van der Waals surface area contributed by atoms with Gasteiger partial charge in [0.1, 0.15) is 0 Å². The van der Waals surface area contributed by atoms with E-state index in [-0.39, 0.29) is 29.0 Å². The fourth-order valence-electron chi connectivity index (χ4n) is 9.18. The first-order valence-corrected chi connectivity index (χ1v) is 12.8. The molecule has 0 heterocycles.